The Bertz CT molecular complexity index is 364. The van der Waals surface area contributed by atoms with Crippen LogP contribution < -0.4 is 11.1 Å². The molecule has 1 aromatic rings. The van der Waals surface area contributed by atoms with E-state index in [2.05, 4.69) is 5.32 Å². The van der Waals surface area contributed by atoms with Gasteiger partial charge in [-0.15, -0.1) is 0 Å². The van der Waals surface area contributed by atoms with Crippen LogP contribution in [0.5, 0.6) is 11.5 Å². The molecule has 0 aromatic heterocycles. The highest BCUT2D eigenvalue weighted by Crippen LogP contribution is 2.24. The van der Waals surface area contributed by atoms with Crippen molar-refractivity contribution in [2.75, 3.05) is 6.54 Å². The molecule has 82 valence electrons. The van der Waals surface area contributed by atoms with Gasteiger partial charge in [0.15, 0.2) is 11.5 Å². The molecule has 1 rings (SSSR count). The predicted molar refractivity (Wildman–Crippen MR) is 55.8 cm³/mol. The van der Waals surface area contributed by atoms with Gasteiger partial charge in [0.05, 0.1) is 0 Å². The van der Waals surface area contributed by atoms with Crippen LogP contribution in [-0.4, -0.2) is 28.7 Å². The van der Waals surface area contributed by atoms with Gasteiger partial charge < -0.3 is 21.3 Å². The van der Waals surface area contributed by atoms with Crippen molar-refractivity contribution >= 4 is 5.91 Å². The molecule has 0 saturated carbocycles. The van der Waals surface area contributed by atoms with Gasteiger partial charge in [0.25, 0.3) is 5.91 Å². The highest BCUT2D eigenvalue weighted by Gasteiger charge is 2.08. The zero-order valence-electron chi connectivity index (χ0n) is 8.40. The first-order valence-electron chi connectivity index (χ1n) is 4.56. The van der Waals surface area contributed by atoms with Gasteiger partial charge in [-0.05, 0) is 25.1 Å². The number of carbonyl (C=O) groups is 1. The van der Waals surface area contributed by atoms with Gasteiger partial charge in [-0.25, -0.2) is 0 Å². The van der Waals surface area contributed by atoms with E-state index in [1.807, 2.05) is 0 Å². The van der Waals surface area contributed by atoms with Gasteiger partial charge >= 0.3 is 0 Å². The standard InChI is InChI=1S/C10H14N2O3/c1-6(11)5-12-10(15)7-2-3-8(13)9(14)4-7/h2-4,6,13-14H,5,11H2,1H3,(H,12,15). The minimum atomic E-state index is -0.331. The molecule has 0 radical (unpaired) electrons. The number of aromatic hydroxyl groups is 2. The Morgan fingerprint density at radius 2 is 2.13 bits per heavy atom. The lowest BCUT2D eigenvalue weighted by molar-refractivity contribution is 0.0951. The fourth-order valence-electron chi connectivity index (χ4n) is 1.02. The highest BCUT2D eigenvalue weighted by molar-refractivity contribution is 5.94. The first-order valence-corrected chi connectivity index (χ1v) is 4.56. The molecule has 0 bridgehead atoms. The zero-order valence-corrected chi connectivity index (χ0v) is 8.40. The molecule has 0 spiro atoms. The molecular weight excluding hydrogens is 196 g/mol. The van der Waals surface area contributed by atoms with Crippen LogP contribution in [0, 0.1) is 0 Å². The smallest absolute Gasteiger partial charge is 0.251 e. The second-order valence-corrected chi connectivity index (χ2v) is 3.39. The van der Waals surface area contributed by atoms with Crippen molar-refractivity contribution in [1.82, 2.24) is 5.32 Å². The predicted octanol–water partition coefficient (Wildman–Crippen LogP) is 0.175. The average Bonchev–Trinajstić information content (AvgIpc) is 2.18. The third kappa shape index (κ3) is 3.14. The van der Waals surface area contributed by atoms with Crippen LogP contribution in [0.25, 0.3) is 0 Å². The summed E-state index contributed by atoms with van der Waals surface area (Å²) in [5.41, 5.74) is 5.75. The molecule has 0 saturated heterocycles. The normalized spacial score (nSPS) is 12.1. The van der Waals surface area contributed by atoms with Crippen LogP contribution in [-0.2, 0) is 0 Å². The van der Waals surface area contributed by atoms with Crippen molar-refractivity contribution in [3.8, 4) is 11.5 Å². The Balaban J connectivity index is 2.70. The molecule has 1 amide bonds. The number of carbonyl (C=O) groups excluding carboxylic acids is 1. The minimum Gasteiger partial charge on any atom is -0.504 e. The summed E-state index contributed by atoms with van der Waals surface area (Å²) in [5, 5.41) is 20.8. The Morgan fingerprint density at radius 1 is 1.47 bits per heavy atom. The number of nitrogens with one attached hydrogen (secondary N) is 1. The minimum absolute atomic E-state index is 0.125. The monoisotopic (exact) mass is 210 g/mol. The summed E-state index contributed by atoms with van der Waals surface area (Å²) in [7, 11) is 0. The second-order valence-electron chi connectivity index (χ2n) is 3.39. The third-order valence-electron chi connectivity index (χ3n) is 1.82. The van der Waals surface area contributed by atoms with Crippen molar-refractivity contribution < 1.29 is 15.0 Å². The lowest BCUT2D eigenvalue weighted by Gasteiger charge is -2.08. The van der Waals surface area contributed by atoms with Crippen molar-refractivity contribution in [2.45, 2.75) is 13.0 Å². The Hall–Kier alpha value is -1.75. The summed E-state index contributed by atoms with van der Waals surface area (Å²) < 4.78 is 0. The number of hydrogen-bond donors (Lipinski definition) is 4. The first-order chi connectivity index (χ1) is 7.00. The summed E-state index contributed by atoms with van der Waals surface area (Å²) in [6.45, 7) is 2.13. The molecule has 5 heteroatoms. The van der Waals surface area contributed by atoms with E-state index in [1.54, 1.807) is 6.92 Å². The maximum atomic E-state index is 11.5. The van der Waals surface area contributed by atoms with Gasteiger partial charge in [0.2, 0.25) is 0 Å². The van der Waals surface area contributed by atoms with Crippen LogP contribution in [0.2, 0.25) is 0 Å². The molecular formula is C10H14N2O3. The number of amides is 1. The molecule has 0 fully saturated rings. The second kappa shape index (κ2) is 4.65. The lowest BCUT2D eigenvalue weighted by Crippen LogP contribution is -2.35. The summed E-state index contributed by atoms with van der Waals surface area (Å²) in [6.07, 6.45) is 0. The quantitative estimate of drug-likeness (QED) is 0.535. The van der Waals surface area contributed by atoms with Crippen molar-refractivity contribution in [3.63, 3.8) is 0 Å². The largest absolute Gasteiger partial charge is 0.504 e. The van der Waals surface area contributed by atoms with Crippen LogP contribution in [0.15, 0.2) is 18.2 Å². The van der Waals surface area contributed by atoms with E-state index in [1.165, 1.54) is 18.2 Å². The molecule has 0 aliphatic carbocycles. The average molecular weight is 210 g/mol. The SMILES string of the molecule is CC(N)CNC(=O)c1ccc(O)c(O)c1. The van der Waals surface area contributed by atoms with Crippen molar-refractivity contribution in [1.29, 1.82) is 0 Å². The zero-order chi connectivity index (χ0) is 11.4. The summed E-state index contributed by atoms with van der Waals surface area (Å²) in [5.74, 6) is -0.898. The van der Waals surface area contributed by atoms with Crippen LogP contribution in [0.1, 0.15) is 17.3 Å². The lowest BCUT2D eigenvalue weighted by atomic mass is 10.2. The van der Waals surface area contributed by atoms with E-state index in [0.29, 0.717) is 6.54 Å². The van der Waals surface area contributed by atoms with Crippen LogP contribution >= 0.6 is 0 Å². The first kappa shape index (κ1) is 11.3. The number of rotatable bonds is 3. The van der Waals surface area contributed by atoms with E-state index >= 15 is 0 Å². The van der Waals surface area contributed by atoms with E-state index in [-0.39, 0.29) is 29.0 Å². The Kier molecular flexibility index (Phi) is 3.51. The van der Waals surface area contributed by atoms with Gasteiger partial charge in [-0.1, -0.05) is 0 Å². The van der Waals surface area contributed by atoms with Crippen molar-refractivity contribution in [3.05, 3.63) is 23.8 Å². The van der Waals surface area contributed by atoms with E-state index in [9.17, 15) is 9.90 Å². The van der Waals surface area contributed by atoms with Gasteiger partial charge in [-0.2, -0.15) is 0 Å². The summed E-state index contributed by atoms with van der Waals surface area (Å²) >= 11 is 0. The van der Waals surface area contributed by atoms with Crippen LogP contribution in [0.4, 0.5) is 0 Å². The molecule has 5 N–H and O–H groups in total. The molecule has 1 aromatic carbocycles. The number of phenolic OH excluding ortho intramolecular Hbond substituents is 2. The van der Waals surface area contributed by atoms with E-state index in [4.69, 9.17) is 10.8 Å². The Morgan fingerprint density at radius 3 is 2.67 bits per heavy atom. The molecule has 1 atom stereocenters. The molecule has 5 nitrogen and oxygen atoms in total. The number of phenols is 2. The number of hydrogen-bond acceptors (Lipinski definition) is 4. The maximum Gasteiger partial charge on any atom is 0.251 e. The Labute approximate surface area is 87.5 Å². The highest BCUT2D eigenvalue weighted by atomic mass is 16.3. The maximum absolute atomic E-state index is 11.5. The molecule has 0 heterocycles. The van der Waals surface area contributed by atoms with E-state index in [0.717, 1.165) is 0 Å². The number of nitrogens with two attached hydrogens (primary N) is 1. The van der Waals surface area contributed by atoms with Gasteiger partial charge in [0, 0.05) is 18.2 Å². The summed E-state index contributed by atoms with van der Waals surface area (Å²) in [4.78, 5) is 11.5. The molecule has 15 heavy (non-hydrogen) atoms. The van der Waals surface area contributed by atoms with E-state index < -0.39 is 0 Å². The van der Waals surface area contributed by atoms with Crippen molar-refractivity contribution in [2.24, 2.45) is 5.73 Å². The molecule has 0 aliphatic rings. The van der Waals surface area contributed by atoms with Gasteiger partial charge in [-0.3, -0.25) is 4.79 Å². The topological polar surface area (TPSA) is 95.6 Å². The molecule has 0 aliphatic heterocycles. The number of benzene rings is 1. The fraction of sp³-hybridized carbons (Fsp3) is 0.300. The van der Waals surface area contributed by atoms with Gasteiger partial charge in [0.1, 0.15) is 0 Å². The fourth-order valence-corrected chi connectivity index (χ4v) is 1.02. The molecule has 1 unspecified atom stereocenters. The van der Waals surface area contributed by atoms with Crippen LogP contribution in [0.3, 0.4) is 0 Å². The third-order valence-corrected chi connectivity index (χ3v) is 1.82. The summed E-state index contributed by atoms with van der Waals surface area (Å²) in [6, 6.07) is 3.76.